The van der Waals surface area contributed by atoms with Gasteiger partial charge >= 0.3 is 6.36 Å². The van der Waals surface area contributed by atoms with E-state index in [2.05, 4.69) is 19.3 Å². The van der Waals surface area contributed by atoms with Crippen molar-refractivity contribution >= 4 is 33.6 Å². The first kappa shape index (κ1) is 31.1. The summed E-state index contributed by atoms with van der Waals surface area (Å²) in [6.07, 6.45) is -5.15. The van der Waals surface area contributed by atoms with Gasteiger partial charge in [-0.05, 0) is 82.1 Å². The van der Waals surface area contributed by atoms with Gasteiger partial charge in [0.2, 0.25) is 5.70 Å². The number of allylic oxidation sites excluding steroid dienone is 7. The third kappa shape index (κ3) is 5.12. The second-order valence-electron chi connectivity index (χ2n) is 10.3. The average molecular weight is 618 g/mol. The van der Waals surface area contributed by atoms with Crippen molar-refractivity contribution in [2.45, 2.75) is 20.2 Å². The number of hydrogen-bond donors (Lipinski definition) is 0. The van der Waals surface area contributed by atoms with Crippen LogP contribution in [0.4, 0.5) is 13.2 Å². The highest BCUT2D eigenvalue weighted by Crippen LogP contribution is 2.55. The fourth-order valence-corrected chi connectivity index (χ4v) is 5.86. The SMILES string of the molecule is [C-]#[N+]C1=C(c2cc(C)cc(C)c2)/C(=C(/C#N)[N+]#[C-])c2cc3c(cc21)/C(=C(/C#N)[N+]#[C-])C(c1ccc(C#N)c(OC(F)(F)F)c1)=C3C#N. The van der Waals surface area contributed by atoms with E-state index in [1.54, 1.807) is 12.1 Å². The van der Waals surface area contributed by atoms with Gasteiger partial charge in [0, 0.05) is 5.57 Å². The van der Waals surface area contributed by atoms with Crippen molar-refractivity contribution in [3.63, 3.8) is 0 Å². The van der Waals surface area contributed by atoms with Gasteiger partial charge in [0.25, 0.3) is 11.4 Å². The fraction of sp³-hybridized carbons (Fsp3) is 0.0833. The van der Waals surface area contributed by atoms with Crippen molar-refractivity contribution in [3.8, 4) is 30.0 Å². The van der Waals surface area contributed by atoms with Crippen molar-refractivity contribution in [1.82, 2.24) is 0 Å². The van der Waals surface area contributed by atoms with Crippen LogP contribution in [-0.4, -0.2) is 6.36 Å². The van der Waals surface area contributed by atoms with Crippen molar-refractivity contribution in [2.24, 2.45) is 0 Å². The summed E-state index contributed by atoms with van der Waals surface area (Å²) in [4.78, 5) is 10.5. The lowest BCUT2D eigenvalue weighted by molar-refractivity contribution is -0.274. The van der Waals surface area contributed by atoms with E-state index in [0.29, 0.717) is 11.1 Å². The lowest BCUT2D eigenvalue weighted by Crippen LogP contribution is -2.18. The predicted octanol–water partition coefficient (Wildman–Crippen LogP) is 8.63. The van der Waals surface area contributed by atoms with E-state index in [4.69, 9.17) is 19.7 Å². The Morgan fingerprint density at radius 1 is 0.702 bits per heavy atom. The minimum atomic E-state index is -5.15. The minimum absolute atomic E-state index is 0.0472. The Morgan fingerprint density at radius 3 is 1.79 bits per heavy atom. The number of aryl methyl sites for hydroxylation is 2. The Labute approximate surface area is 266 Å². The zero-order chi connectivity index (χ0) is 34.2. The van der Waals surface area contributed by atoms with Crippen molar-refractivity contribution < 1.29 is 17.9 Å². The van der Waals surface area contributed by atoms with Crippen LogP contribution in [0.3, 0.4) is 0 Å². The van der Waals surface area contributed by atoms with Crippen LogP contribution in [0, 0.1) is 78.9 Å². The van der Waals surface area contributed by atoms with Gasteiger partial charge in [0.05, 0.1) is 43.0 Å². The standard InChI is InChI=1S/C36H14F3N7O/c1-18-8-19(2)10-22(9-18)32-34(29(17-43)45-4)25-12-23-24(13-26(25)35(32)46-5)33(28(16-42)44-3)31(27(23)15-41)20-6-7-21(14-40)30(11-20)47-36(37,38)39/h6-13H,1-2H3/b33-28+,34-29-. The molecule has 11 heteroatoms. The molecular weight excluding hydrogens is 603 g/mol. The molecule has 2 aliphatic rings. The highest BCUT2D eigenvalue weighted by Gasteiger charge is 2.38. The minimum Gasteiger partial charge on any atom is -0.404 e. The van der Waals surface area contributed by atoms with E-state index in [-0.39, 0.29) is 61.5 Å². The monoisotopic (exact) mass is 617 g/mol. The molecule has 0 atom stereocenters. The van der Waals surface area contributed by atoms with Gasteiger partial charge in [-0.1, -0.05) is 41.5 Å². The first-order valence-electron chi connectivity index (χ1n) is 13.3. The molecule has 0 spiro atoms. The van der Waals surface area contributed by atoms with Crippen molar-refractivity contribution in [1.29, 1.82) is 21.0 Å². The first-order chi connectivity index (χ1) is 22.4. The summed E-state index contributed by atoms with van der Waals surface area (Å²) in [7, 11) is 0. The van der Waals surface area contributed by atoms with Crippen LogP contribution in [0.2, 0.25) is 0 Å². The van der Waals surface area contributed by atoms with Gasteiger partial charge in [0.15, 0.2) is 0 Å². The van der Waals surface area contributed by atoms with Gasteiger partial charge < -0.3 is 4.74 Å². The molecular formula is C36H14F3N7O. The molecule has 3 aromatic carbocycles. The normalized spacial score (nSPS) is 15.1. The molecule has 8 nitrogen and oxygen atoms in total. The van der Waals surface area contributed by atoms with Crippen LogP contribution in [-0.2, 0) is 0 Å². The molecule has 0 N–H and O–H groups in total. The number of nitrogens with zero attached hydrogens (tertiary/aromatic N) is 7. The second kappa shape index (κ2) is 11.6. The van der Waals surface area contributed by atoms with Gasteiger partial charge in [-0.3, -0.25) is 0 Å². The van der Waals surface area contributed by atoms with Gasteiger partial charge in [-0.25, -0.2) is 25.1 Å². The Bertz CT molecular complexity index is 2360. The number of rotatable bonds is 3. The summed E-state index contributed by atoms with van der Waals surface area (Å²) < 4.78 is 43.8. The number of fused-ring (bicyclic) bond motifs is 2. The maximum atomic E-state index is 13.2. The molecule has 2 aliphatic carbocycles. The van der Waals surface area contributed by atoms with Crippen molar-refractivity contribution in [2.75, 3.05) is 0 Å². The zero-order valence-electron chi connectivity index (χ0n) is 24.3. The second-order valence-corrected chi connectivity index (χ2v) is 10.3. The molecule has 3 aromatic rings. The first-order valence-corrected chi connectivity index (χ1v) is 13.3. The topological polar surface area (TPSA) is 117 Å². The van der Waals surface area contributed by atoms with Crippen LogP contribution in [0.25, 0.3) is 48.1 Å². The van der Waals surface area contributed by atoms with Gasteiger partial charge in [0.1, 0.15) is 17.9 Å². The molecule has 0 fully saturated rings. The van der Waals surface area contributed by atoms with E-state index in [0.717, 1.165) is 23.3 Å². The Kier molecular flexibility index (Phi) is 7.68. The Hall–Kier alpha value is -7.36. The van der Waals surface area contributed by atoms with Crippen LogP contribution >= 0.6 is 0 Å². The maximum absolute atomic E-state index is 13.2. The summed E-state index contributed by atoms with van der Waals surface area (Å²) in [5.41, 5.74) is 2.27. The molecule has 0 radical (unpaired) electrons. The third-order valence-electron chi connectivity index (χ3n) is 7.47. The number of halogens is 3. The molecule has 220 valence electrons. The Balaban J connectivity index is 1.90. The number of hydrogen-bond acceptors (Lipinski definition) is 5. The maximum Gasteiger partial charge on any atom is 0.573 e. The van der Waals surface area contributed by atoms with Crippen LogP contribution in [0.1, 0.15) is 50.1 Å². The van der Waals surface area contributed by atoms with E-state index in [1.165, 1.54) is 18.2 Å². The quantitative estimate of drug-likeness (QED) is 0.215. The zero-order valence-corrected chi connectivity index (χ0v) is 24.3. The fourth-order valence-electron chi connectivity index (χ4n) is 5.86. The summed E-state index contributed by atoms with van der Waals surface area (Å²) in [5, 5.41) is 39.7. The molecule has 5 rings (SSSR count). The van der Waals surface area contributed by atoms with E-state index < -0.39 is 23.4 Å². The smallest absolute Gasteiger partial charge is 0.404 e. The molecule has 0 heterocycles. The van der Waals surface area contributed by atoms with E-state index >= 15 is 0 Å². The highest BCUT2D eigenvalue weighted by atomic mass is 19.4. The highest BCUT2D eigenvalue weighted by molar-refractivity contribution is 6.29. The number of benzene rings is 3. The number of nitriles is 4. The molecule has 0 aliphatic heterocycles. The third-order valence-corrected chi connectivity index (χ3v) is 7.47. The predicted molar refractivity (Wildman–Crippen MR) is 164 cm³/mol. The van der Waals surface area contributed by atoms with Crippen LogP contribution in [0.15, 0.2) is 59.9 Å². The van der Waals surface area contributed by atoms with Crippen molar-refractivity contribution in [3.05, 3.63) is 144 Å². The number of alkyl halides is 3. The summed E-state index contributed by atoms with van der Waals surface area (Å²) >= 11 is 0. The van der Waals surface area contributed by atoms with Gasteiger partial charge in [-0.2, -0.15) is 10.5 Å². The lowest BCUT2D eigenvalue weighted by atomic mass is 9.91. The summed E-state index contributed by atoms with van der Waals surface area (Å²) in [6.45, 7) is 27.3. The molecule has 0 bridgehead atoms. The molecule has 0 aromatic heterocycles. The molecule has 0 unspecified atom stereocenters. The van der Waals surface area contributed by atoms with Gasteiger partial charge in [-0.15, -0.1) is 13.2 Å². The summed E-state index contributed by atoms with van der Waals surface area (Å²) in [5.74, 6) is -0.848. The molecule has 47 heavy (non-hydrogen) atoms. The molecule has 0 amide bonds. The van der Waals surface area contributed by atoms with Crippen LogP contribution in [0.5, 0.6) is 5.75 Å². The Morgan fingerprint density at radius 2 is 1.28 bits per heavy atom. The molecule has 0 saturated carbocycles. The van der Waals surface area contributed by atoms with E-state index in [1.807, 2.05) is 44.2 Å². The largest absolute Gasteiger partial charge is 0.573 e. The van der Waals surface area contributed by atoms with E-state index in [9.17, 15) is 34.2 Å². The van der Waals surface area contributed by atoms with Crippen LogP contribution < -0.4 is 4.74 Å². The lowest BCUT2D eigenvalue weighted by Gasteiger charge is -2.14. The average Bonchev–Trinajstić information content (AvgIpc) is 3.52. The summed E-state index contributed by atoms with van der Waals surface area (Å²) in [6, 6.07) is 19.1. The number of ether oxygens (including phenoxy) is 1. The molecule has 0 saturated heterocycles.